The van der Waals surface area contributed by atoms with Crippen molar-refractivity contribution in [2.24, 2.45) is 0 Å². The first-order valence-electron chi connectivity index (χ1n) is 12.5. The Morgan fingerprint density at radius 1 is 1.03 bits per heavy atom. The summed E-state index contributed by atoms with van der Waals surface area (Å²) in [6.07, 6.45) is 6.42. The number of nitrogens with zero attached hydrogens (tertiary/aromatic N) is 5. The summed E-state index contributed by atoms with van der Waals surface area (Å²) in [5, 5.41) is 8.08. The molecule has 3 aromatic heterocycles. The molecular weight excluding hydrogens is 450 g/mol. The van der Waals surface area contributed by atoms with Gasteiger partial charge in [-0.1, -0.05) is 0 Å². The van der Waals surface area contributed by atoms with Crippen molar-refractivity contribution < 1.29 is 4.74 Å². The molecule has 4 aromatic rings. The maximum atomic E-state index is 6.03. The van der Waals surface area contributed by atoms with Crippen LogP contribution in [-0.2, 0) is 0 Å². The van der Waals surface area contributed by atoms with Gasteiger partial charge in [0, 0.05) is 67.8 Å². The molecule has 8 nitrogen and oxygen atoms in total. The lowest BCUT2D eigenvalue weighted by Crippen LogP contribution is -2.43. The number of benzene rings is 1. The summed E-state index contributed by atoms with van der Waals surface area (Å²) in [5.74, 6) is 2.43. The van der Waals surface area contributed by atoms with E-state index < -0.39 is 0 Å². The van der Waals surface area contributed by atoms with Crippen molar-refractivity contribution in [1.29, 1.82) is 0 Å². The Labute approximate surface area is 212 Å². The number of rotatable bonds is 9. The van der Waals surface area contributed by atoms with E-state index in [2.05, 4.69) is 63.8 Å². The van der Waals surface area contributed by atoms with Crippen LogP contribution in [0.4, 0.5) is 11.5 Å². The topological polar surface area (TPSA) is 78.4 Å². The smallest absolute Gasteiger partial charge is 0.145 e. The second kappa shape index (κ2) is 11.3. The Kier molecular flexibility index (Phi) is 7.54. The molecule has 8 heteroatoms. The van der Waals surface area contributed by atoms with Gasteiger partial charge in [-0.2, -0.15) is 0 Å². The fraction of sp³-hybridized carbons (Fsp3) is 0.321. The molecule has 0 radical (unpaired) electrons. The maximum Gasteiger partial charge on any atom is 0.145 e. The average molecular weight is 484 g/mol. The highest BCUT2D eigenvalue weighted by Gasteiger charge is 2.13. The highest BCUT2D eigenvalue weighted by Crippen LogP contribution is 2.32. The molecule has 0 unspecified atom stereocenters. The summed E-state index contributed by atoms with van der Waals surface area (Å²) < 4.78 is 6.03. The zero-order valence-corrected chi connectivity index (χ0v) is 20.9. The minimum Gasteiger partial charge on any atom is -0.456 e. The van der Waals surface area contributed by atoms with E-state index >= 15 is 0 Å². The summed E-state index contributed by atoms with van der Waals surface area (Å²) in [6, 6.07) is 16.1. The Morgan fingerprint density at radius 2 is 1.92 bits per heavy atom. The number of piperazine rings is 1. The van der Waals surface area contributed by atoms with E-state index in [1.807, 2.05) is 30.5 Å². The van der Waals surface area contributed by atoms with Gasteiger partial charge in [-0.3, -0.25) is 4.98 Å². The molecule has 1 aliphatic heterocycles. The van der Waals surface area contributed by atoms with Gasteiger partial charge in [0.25, 0.3) is 0 Å². The van der Waals surface area contributed by atoms with Crippen LogP contribution in [-0.4, -0.2) is 73.2 Å². The first kappa shape index (κ1) is 24.0. The third-order valence-electron chi connectivity index (χ3n) is 6.23. The van der Waals surface area contributed by atoms with Gasteiger partial charge in [0.15, 0.2) is 0 Å². The van der Waals surface area contributed by atoms with Crippen LogP contribution in [0.3, 0.4) is 0 Å². The second-order valence-corrected chi connectivity index (χ2v) is 9.25. The Balaban J connectivity index is 1.45. The summed E-state index contributed by atoms with van der Waals surface area (Å²) in [4.78, 5) is 18.4. The molecule has 1 saturated heterocycles. The molecule has 0 bridgehead atoms. The maximum absolute atomic E-state index is 6.03. The van der Waals surface area contributed by atoms with Crippen molar-refractivity contribution >= 4 is 22.4 Å². The van der Waals surface area contributed by atoms with Gasteiger partial charge in [0.1, 0.15) is 17.3 Å². The number of hydrogen-bond donors (Lipinski definition) is 2. The largest absolute Gasteiger partial charge is 0.456 e. The van der Waals surface area contributed by atoms with E-state index in [1.54, 1.807) is 12.4 Å². The lowest BCUT2D eigenvalue weighted by atomic mass is 10.1. The van der Waals surface area contributed by atoms with Crippen molar-refractivity contribution in [3.05, 3.63) is 67.1 Å². The number of hydrogen-bond acceptors (Lipinski definition) is 8. The molecule has 1 aromatic carbocycles. The van der Waals surface area contributed by atoms with Crippen molar-refractivity contribution in [2.75, 3.05) is 63.6 Å². The number of fused-ring (bicyclic) bond motifs is 1. The standard InChI is InChI=1S/C28H33N7O/c1-34(2)14-4-11-31-26-18-25(21-6-9-28(32-19-21)35-15-12-29-13-16-35)33-27-17-22(7-8-24(26)27)36-23-5-3-10-30-20-23/h3,5-10,17-20,29H,4,11-16H2,1-2H3,(H,31,33). The molecule has 0 atom stereocenters. The van der Waals surface area contributed by atoms with Crippen LogP contribution in [0.5, 0.6) is 11.5 Å². The van der Waals surface area contributed by atoms with Gasteiger partial charge in [0.05, 0.1) is 17.4 Å². The minimum atomic E-state index is 0.697. The quantitative estimate of drug-likeness (QED) is 0.342. The van der Waals surface area contributed by atoms with Crippen molar-refractivity contribution in [3.63, 3.8) is 0 Å². The number of ether oxygens (including phenoxy) is 1. The van der Waals surface area contributed by atoms with E-state index in [0.717, 1.165) is 85.1 Å². The van der Waals surface area contributed by atoms with Crippen molar-refractivity contribution in [1.82, 2.24) is 25.2 Å². The number of nitrogens with one attached hydrogen (secondary N) is 2. The number of anilines is 2. The van der Waals surface area contributed by atoms with E-state index in [9.17, 15) is 0 Å². The SMILES string of the molecule is CN(C)CCCNc1cc(-c2ccc(N3CCNCC3)nc2)nc2cc(Oc3cccnc3)ccc12. The third kappa shape index (κ3) is 5.90. The lowest BCUT2D eigenvalue weighted by molar-refractivity contribution is 0.405. The summed E-state index contributed by atoms with van der Waals surface area (Å²) in [5.41, 5.74) is 3.81. The van der Waals surface area contributed by atoms with Gasteiger partial charge < -0.3 is 25.2 Å². The molecule has 4 heterocycles. The predicted molar refractivity (Wildman–Crippen MR) is 146 cm³/mol. The van der Waals surface area contributed by atoms with Crippen LogP contribution < -0.4 is 20.3 Å². The molecule has 0 spiro atoms. The first-order valence-corrected chi connectivity index (χ1v) is 12.5. The zero-order valence-electron chi connectivity index (χ0n) is 20.9. The van der Waals surface area contributed by atoms with E-state index in [0.29, 0.717) is 5.75 Å². The van der Waals surface area contributed by atoms with E-state index in [1.165, 1.54) is 0 Å². The van der Waals surface area contributed by atoms with Crippen LogP contribution >= 0.6 is 0 Å². The molecule has 2 N–H and O–H groups in total. The Bertz CT molecular complexity index is 1270. The molecule has 5 rings (SSSR count). The molecule has 1 fully saturated rings. The van der Waals surface area contributed by atoms with Crippen LogP contribution in [0.15, 0.2) is 67.1 Å². The van der Waals surface area contributed by atoms with E-state index in [-0.39, 0.29) is 0 Å². The highest BCUT2D eigenvalue weighted by molar-refractivity contribution is 5.94. The Morgan fingerprint density at radius 3 is 2.67 bits per heavy atom. The molecule has 36 heavy (non-hydrogen) atoms. The lowest BCUT2D eigenvalue weighted by Gasteiger charge is -2.28. The molecule has 186 valence electrons. The number of aromatic nitrogens is 3. The van der Waals surface area contributed by atoms with Gasteiger partial charge >= 0.3 is 0 Å². The molecule has 0 aliphatic carbocycles. The number of pyridine rings is 3. The predicted octanol–water partition coefficient (Wildman–Crippen LogP) is 4.26. The zero-order chi connectivity index (χ0) is 24.7. The normalized spacial score (nSPS) is 13.8. The minimum absolute atomic E-state index is 0.697. The molecular formula is C28H33N7O. The van der Waals surface area contributed by atoms with Gasteiger partial charge in [-0.25, -0.2) is 9.97 Å². The van der Waals surface area contributed by atoms with Crippen LogP contribution in [0.1, 0.15) is 6.42 Å². The third-order valence-corrected chi connectivity index (χ3v) is 6.23. The second-order valence-electron chi connectivity index (χ2n) is 9.25. The van der Waals surface area contributed by atoms with Crippen LogP contribution in [0.2, 0.25) is 0 Å². The molecule has 0 amide bonds. The van der Waals surface area contributed by atoms with Gasteiger partial charge in [-0.15, -0.1) is 0 Å². The van der Waals surface area contributed by atoms with Gasteiger partial charge in [-0.05, 0) is 69.5 Å². The van der Waals surface area contributed by atoms with Crippen molar-refractivity contribution in [3.8, 4) is 22.8 Å². The fourth-order valence-corrected chi connectivity index (χ4v) is 4.35. The first-order chi connectivity index (χ1) is 17.7. The monoisotopic (exact) mass is 483 g/mol. The van der Waals surface area contributed by atoms with Crippen molar-refractivity contribution in [2.45, 2.75) is 6.42 Å². The molecule has 0 saturated carbocycles. The van der Waals surface area contributed by atoms with E-state index in [4.69, 9.17) is 14.7 Å². The Hall–Kier alpha value is -3.75. The summed E-state index contributed by atoms with van der Waals surface area (Å²) in [6.45, 7) is 5.83. The summed E-state index contributed by atoms with van der Waals surface area (Å²) in [7, 11) is 4.20. The highest BCUT2D eigenvalue weighted by atomic mass is 16.5. The van der Waals surface area contributed by atoms with Crippen LogP contribution in [0.25, 0.3) is 22.2 Å². The fourth-order valence-electron chi connectivity index (χ4n) is 4.35. The summed E-state index contributed by atoms with van der Waals surface area (Å²) >= 11 is 0. The average Bonchev–Trinajstić information content (AvgIpc) is 2.92. The molecule has 1 aliphatic rings. The van der Waals surface area contributed by atoms with Gasteiger partial charge in [0.2, 0.25) is 0 Å². The van der Waals surface area contributed by atoms with Crippen LogP contribution in [0, 0.1) is 0 Å².